The van der Waals surface area contributed by atoms with Crippen molar-refractivity contribution in [1.29, 1.82) is 0 Å². The first-order valence-corrected chi connectivity index (χ1v) is 4.29. The predicted molar refractivity (Wildman–Crippen MR) is 42.6 cm³/mol. The number of hydrogen-bond acceptors (Lipinski definition) is 3. The second-order valence-corrected chi connectivity index (χ2v) is 3.52. The molecule has 2 N–H and O–H groups in total. The molecule has 0 heterocycles. The van der Waals surface area contributed by atoms with Gasteiger partial charge in [0.1, 0.15) is 11.5 Å². The van der Waals surface area contributed by atoms with Crippen molar-refractivity contribution in [2.45, 2.75) is 25.9 Å². The maximum Gasteiger partial charge on any atom is 0.144 e. The first-order chi connectivity index (χ1) is 5.66. The molecule has 0 bridgehead atoms. The summed E-state index contributed by atoms with van der Waals surface area (Å²) in [6.45, 7) is 1.88. The van der Waals surface area contributed by atoms with Crippen molar-refractivity contribution in [2.75, 3.05) is 0 Å². The number of carbonyl (C=O) groups is 1. The lowest BCUT2D eigenvalue weighted by Crippen LogP contribution is -2.40. The fraction of sp³-hybridized carbons (Fsp3) is 0.667. The van der Waals surface area contributed by atoms with Crippen LogP contribution < -0.4 is 0 Å². The van der Waals surface area contributed by atoms with Gasteiger partial charge in [0.15, 0.2) is 0 Å². The van der Waals surface area contributed by atoms with Crippen LogP contribution in [0, 0.1) is 11.8 Å². The molecule has 2 rings (SSSR count). The van der Waals surface area contributed by atoms with Crippen molar-refractivity contribution < 1.29 is 15.0 Å². The number of allylic oxidation sites excluding steroid dienone is 1. The molecule has 0 aliphatic heterocycles. The third-order valence-corrected chi connectivity index (χ3v) is 2.98. The summed E-state index contributed by atoms with van der Waals surface area (Å²) in [5, 5.41) is 19.1. The van der Waals surface area contributed by atoms with Gasteiger partial charge in [-0.25, -0.2) is 0 Å². The van der Waals surface area contributed by atoms with Crippen LogP contribution in [0.4, 0.5) is 0 Å². The standard InChI is InChI=1S/C9H12O3/c1-2-4-8(11)5-3-6(10)7(5)9(4)12/h5,7-8,11-12H,2-3H2,1H3/t5-,7-,8?/m1/s1. The molecule has 0 amide bonds. The molecule has 66 valence electrons. The molecule has 1 fully saturated rings. The maximum absolute atomic E-state index is 11.0. The number of Topliss-reactive ketones (excluding diaryl/α,β-unsaturated/α-hetero) is 1. The molecule has 2 aliphatic rings. The Morgan fingerprint density at radius 2 is 2.25 bits per heavy atom. The third kappa shape index (κ3) is 0.719. The highest BCUT2D eigenvalue weighted by Crippen LogP contribution is 2.47. The maximum atomic E-state index is 11.0. The number of fused-ring (bicyclic) bond motifs is 1. The van der Waals surface area contributed by atoms with Crippen molar-refractivity contribution in [1.82, 2.24) is 0 Å². The zero-order valence-electron chi connectivity index (χ0n) is 6.95. The normalized spacial score (nSPS) is 39.8. The van der Waals surface area contributed by atoms with Gasteiger partial charge in [0.05, 0.1) is 12.0 Å². The van der Waals surface area contributed by atoms with Crippen LogP contribution in [0.25, 0.3) is 0 Å². The van der Waals surface area contributed by atoms with Crippen LogP contribution in [0.15, 0.2) is 11.3 Å². The average molecular weight is 168 g/mol. The summed E-state index contributed by atoms with van der Waals surface area (Å²) < 4.78 is 0. The van der Waals surface area contributed by atoms with Crippen LogP contribution in [0.2, 0.25) is 0 Å². The summed E-state index contributed by atoms with van der Waals surface area (Å²) in [7, 11) is 0. The first kappa shape index (κ1) is 7.80. The number of ketones is 1. The smallest absolute Gasteiger partial charge is 0.144 e. The van der Waals surface area contributed by atoms with Crippen LogP contribution in [-0.4, -0.2) is 22.1 Å². The van der Waals surface area contributed by atoms with E-state index in [2.05, 4.69) is 0 Å². The number of carbonyl (C=O) groups excluding carboxylic acids is 1. The number of aliphatic hydroxyl groups excluding tert-OH is 2. The lowest BCUT2D eigenvalue weighted by molar-refractivity contribution is -0.135. The molecule has 2 aliphatic carbocycles. The highest BCUT2D eigenvalue weighted by Gasteiger charge is 2.52. The molecule has 0 aromatic carbocycles. The largest absolute Gasteiger partial charge is 0.511 e. The molecule has 0 radical (unpaired) electrons. The average Bonchev–Trinajstić information content (AvgIpc) is 2.18. The van der Waals surface area contributed by atoms with E-state index in [1.807, 2.05) is 6.92 Å². The van der Waals surface area contributed by atoms with Gasteiger partial charge in [0, 0.05) is 12.3 Å². The molecule has 1 saturated carbocycles. The van der Waals surface area contributed by atoms with E-state index in [1.165, 1.54) is 0 Å². The highest BCUT2D eigenvalue weighted by molar-refractivity contribution is 5.91. The summed E-state index contributed by atoms with van der Waals surface area (Å²) in [6.07, 6.45) is 0.491. The Morgan fingerprint density at radius 1 is 1.58 bits per heavy atom. The predicted octanol–water partition coefficient (Wildman–Crippen LogP) is 0.788. The van der Waals surface area contributed by atoms with Crippen LogP contribution in [0.5, 0.6) is 0 Å². The highest BCUT2D eigenvalue weighted by atomic mass is 16.3. The van der Waals surface area contributed by atoms with Gasteiger partial charge in [-0.15, -0.1) is 0 Å². The molecule has 0 saturated heterocycles. The molecule has 3 nitrogen and oxygen atoms in total. The molecule has 3 heteroatoms. The summed E-state index contributed by atoms with van der Waals surface area (Å²) >= 11 is 0. The lowest BCUT2D eigenvalue weighted by Gasteiger charge is -2.30. The lowest BCUT2D eigenvalue weighted by atomic mass is 9.73. The Balaban J connectivity index is 2.32. The van der Waals surface area contributed by atoms with Crippen molar-refractivity contribution in [3.05, 3.63) is 11.3 Å². The van der Waals surface area contributed by atoms with Crippen LogP contribution in [-0.2, 0) is 4.79 Å². The molecule has 0 aromatic heterocycles. The summed E-state index contributed by atoms with van der Waals surface area (Å²) in [6, 6.07) is 0. The Kier molecular flexibility index (Phi) is 1.51. The number of rotatable bonds is 1. The zero-order valence-corrected chi connectivity index (χ0v) is 6.95. The number of aliphatic hydroxyl groups is 2. The van der Waals surface area contributed by atoms with Crippen LogP contribution in [0.3, 0.4) is 0 Å². The summed E-state index contributed by atoms with van der Waals surface area (Å²) in [5.74, 6) is -0.173. The molecule has 12 heavy (non-hydrogen) atoms. The third-order valence-electron chi connectivity index (χ3n) is 2.98. The molecule has 3 atom stereocenters. The second kappa shape index (κ2) is 2.33. The minimum Gasteiger partial charge on any atom is -0.511 e. The van der Waals surface area contributed by atoms with E-state index in [4.69, 9.17) is 0 Å². The van der Waals surface area contributed by atoms with E-state index in [1.54, 1.807) is 0 Å². The minimum atomic E-state index is -0.572. The summed E-state index contributed by atoms with van der Waals surface area (Å²) in [5.41, 5.74) is 0.663. The van der Waals surface area contributed by atoms with Crippen molar-refractivity contribution in [2.24, 2.45) is 11.8 Å². The van der Waals surface area contributed by atoms with Crippen LogP contribution in [0.1, 0.15) is 19.8 Å². The van der Waals surface area contributed by atoms with Gasteiger partial charge in [0.25, 0.3) is 0 Å². The van der Waals surface area contributed by atoms with Crippen molar-refractivity contribution >= 4 is 5.78 Å². The quantitative estimate of drug-likeness (QED) is 0.608. The van der Waals surface area contributed by atoms with Crippen molar-refractivity contribution in [3.63, 3.8) is 0 Å². The second-order valence-electron chi connectivity index (χ2n) is 3.52. The van der Waals surface area contributed by atoms with Gasteiger partial charge in [-0.3, -0.25) is 4.79 Å². The Hall–Kier alpha value is -0.830. The first-order valence-electron chi connectivity index (χ1n) is 4.29. The zero-order chi connectivity index (χ0) is 8.88. The molecule has 1 unspecified atom stereocenters. The molecular weight excluding hydrogens is 156 g/mol. The van der Waals surface area contributed by atoms with E-state index >= 15 is 0 Å². The van der Waals surface area contributed by atoms with E-state index in [0.717, 1.165) is 0 Å². The molecule has 0 aromatic rings. The monoisotopic (exact) mass is 168 g/mol. The van der Waals surface area contributed by atoms with Gasteiger partial charge in [0.2, 0.25) is 0 Å². The Morgan fingerprint density at radius 3 is 2.67 bits per heavy atom. The van der Waals surface area contributed by atoms with Gasteiger partial charge in [-0.1, -0.05) is 6.92 Å². The minimum absolute atomic E-state index is 0.0209. The van der Waals surface area contributed by atoms with Gasteiger partial charge in [-0.05, 0) is 12.0 Å². The van der Waals surface area contributed by atoms with E-state index < -0.39 is 6.10 Å². The van der Waals surface area contributed by atoms with E-state index in [9.17, 15) is 15.0 Å². The van der Waals surface area contributed by atoms with Crippen LogP contribution >= 0.6 is 0 Å². The van der Waals surface area contributed by atoms with Crippen molar-refractivity contribution in [3.8, 4) is 0 Å². The number of hydrogen-bond donors (Lipinski definition) is 2. The van der Waals surface area contributed by atoms with E-state index in [-0.39, 0.29) is 23.4 Å². The van der Waals surface area contributed by atoms with E-state index in [0.29, 0.717) is 18.4 Å². The molecule has 0 spiro atoms. The fourth-order valence-corrected chi connectivity index (χ4v) is 2.20. The van der Waals surface area contributed by atoms with Gasteiger partial charge >= 0.3 is 0 Å². The fourth-order valence-electron chi connectivity index (χ4n) is 2.20. The Labute approximate surface area is 70.7 Å². The van der Waals surface area contributed by atoms with Gasteiger partial charge < -0.3 is 10.2 Å². The van der Waals surface area contributed by atoms with Gasteiger partial charge in [-0.2, -0.15) is 0 Å². The Bertz CT molecular complexity index is 267. The topological polar surface area (TPSA) is 57.5 Å². The summed E-state index contributed by atoms with van der Waals surface area (Å²) in [4.78, 5) is 11.0. The SMILES string of the molecule is CCC1=C(O)[C@H]2C(=O)C[C@H]2C1O. The molecular formula is C9H12O3.